The van der Waals surface area contributed by atoms with E-state index in [1.807, 2.05) is 48.7 Å². The Bertz CT molecular complexity index is 969. The molecule has 0 spiro atoms. The summed E-state index contributed by atoms with van der Waals surface area (Å²) in [7, 11) is 0. The highest BCUT2D eigenvalue weighted by atomic mass is 16.3. The Kier molecular flexibility index (Phi) is 4.27. The molecule has 130 valence electrons. The number of phenolic OH excluding ortho intramolecular Hbond substituents is 1. The van der Waals surface area contributed by atoms with Gasteiger partial charge < -0.3 is 15.7 Å². The van der Waals surface area contributed by atoms with Crippen LogP contribution in [-0.4, -0.2) is 22.5 Å². The van der Waals surface area contributed by atoms with E-state index in [-0.39, 0.29) is 5.91 Å². The monoisotopic (exact) mass is 345 g/mol. The van der Waals surface area contributed by atoms with E-state index in [2.05, 4.69) is 15.6 Å². The average Bonchev–Trinajstić information content (AvgIpc) is 3.03. The van der Waals surface area contributed by atoms with Crippen LogP contribution < -0.4 is 10.6 Å². The number of pyridine rings is 1. The van der Waals surface area contributed by atoms with Crippen molar-refractivity contribution in [1.82, 2.24) is 4.98 Å². The molecule has 0 radical (unpaired) electrons. The van der Waals surface area contributed by atoms with E-state index in [0.717, 1.165) is 40.0 Å². The first kappa shape index (κ1) is 16.1. The highest BCUT2D eigenvalue weighted by Crippen LogP contribution is 2.29. The second kappa shape index (κ2) is 6.88. The maximum atomic E-state index is 11.5. The van der Waals surface area contributed by atoms with Crippen LogP contribution in [0.15, 0.2) is 60.9 Å². The van der Waals surface area contributed by atoms with Gasteiger partial charge in [0, 0.05) is 30.2 Å². The van der Waals surface area contributed by atoms with Crippen molar-refractivity contribution in [1.29, 1.82) is 0 Å². The fourth-order valence-electron chi connectivity index (χ4n) is 3.17. The number of aromatic hydroxyl groups is 1. The minimum Gasteiger partial charge on any atom is -0.508 e. The van der Waals surface area contributed by atoms with Gasteiger partial charge in [-0.3, -0.25) is 9.78 Å². The van der Waals surface area contributed by atoms with Crippen LogP contribution in [0.1, 0.15) is 11.1 Å². The number of hydrogen-bond acceptors (Lipinski definition) is 4. The first-order chi connectivity index (χ1) is 12.7. The van der Waals surface area contributed by atoms with Gasteiger partial charge in [0.05, 0.1) is 12.1 Å². The third-order valence-electron chi connectivity index (χ3n) is 4.52. The molecular weight excluding hydrogens is 326 g/mol. The highest BCUT2D eigenvalue weighted by molar-refractivity contribution is 5.99. The van der Waals surface area contributed by atoms with Gasteiger partial charge >= 0.3 is 0 Å². The number of benzene rings is 2. The zero-order valence-corrected chi connectivity index (χ0v) is 14.2. The first-order valence-electron chi connectivity index (χ1n) is 8.58. The molecule has 5 nitrogen and oxygen atoms in total. The van der Waals surface area contributed by atoms with Crippen LogP contribution in [0.4, 0.5) is 11.4 Å². The van der Waals surface area contributed by atoms with Crippen LogP contribution in [-0.2, 0) is 17.6 Å². The Morgan fingerprint density at radius 3 is 2.85 bits per heavy atom. The van der Waals surface area contributed by atoms with Gasteiger partial charge in [-0.25, -0.2) is 0 Å². The lowest BCUT2D eigenvalue weighted by Gasteiger charge is -2.10. The molecule has 5 heteroatoms. The van der Waals surface area contributed by atoms with E-state index >= 15 is 0 Å². The Hall–Kier alpha value is -3.34. The van der Waals surface area contributed by atoms with Gasteiger partial charge in [0.15, 0.2) is 0 Å². The van der Waals surface area contributed by atoms with Crippen molar-refractivity contribution in [2.75, 3.05) is 17.2 Å². The van der Waals surface area contributed by atoms with Gasteiger partial charge in [-0.1, -0.05) is 24.3 Å². The minimum atomic E-state index is 0.0369. The normalized spacial score (nSPS) is 12.5. The molecule has 0 unspecified atom stereocenters. The van der Waals surface area contributed by atoms with E-state index in [9.17, 15) is 9.90 Å². The molecule has 2 aromatic carbocycles. The molecule has 1 amide bonds. The molecule has 0 aliphatic carbocycles. The number of phenols is 1. The molecule has 3 N–H and O–H groups in total. The lowest BCUT2D eigenvalue weighted by molar-refractivity contribution is -0.115. The molecule has 2 heterocycles. The second-order valence-corrected chi connectivity index (χ2v) is 6.36. The van der Waals surface area contributed by atoms with Crippen LogP contribution in [0.3, 0.4) is 0 Å². The summed E-state index contributed by atoms with van der Waals surface area (Å²) in [6, 6.07) is 15.4. The summed E-state index contributed by atoms with van der Waals surface area (Å²) in [5.41, 5.74) is 5.79. The van der Waals surface area contributed by atoms with Gasteiger partial charge in [-0.05, 0) is 47.4 Å². The topological polar surface area (TPSA) is 74.2 Å². The standard InChI is InChI=1S/C21H19N3O2/c25-20-4-2-1-3-14(20)7-8-23-18-10-17(12-22-13-18)15-5-6-19-16(9-15)11-21(26)24-19/h1-6,9-10,12-13,23,25H,7-8,11H2,(H,24,26). The van der Waals surface area contributed by atoms with Crippen molar-refractivity contribution in [3.05, 3.63) is 72.1 Å². The number of hydrogen-bond donors (Lipinski definition) is 3. The lowest BCUT2D eigenvalue weighted by atomic mass is 10.0. The number of nitrogens with one attached hydrogen (secondary N) is 2. The third-order valence-corrected chi connectivity index (χ3v) is 4.52. The number of anilines is 2. The molecule has 1 aliphatic rings. The van der Waals surface area contributed by atoms with Crippen LogP contribution in [0, 0.1) is 0 Å². The van der Waals surface area contributed by atoms with Crippen LogP contribution in [0.2, 0.25) is 0 Å². The number of fused-ring (bicyclic) bond motifs is 1. The second-order valence-electron chi connectivity index (χ2n) is 6.36. The van der Waals surface area contributed by atoms with Crippen molar-refractivity contribution < 1.29 is 9.90 Å². The van der Waals surface area contributed by atoms with E-state index < -0.39 is 0 Å². The summed E-state index contributed by atoms with van der Waals surface area (Å²) in [5.74, 6) is 0.359. The van der Waals surface area contributed by atoms with Crippen molar-refractivity contribution in [2.45, 2.75) is 12.8 Å². The van der Waals surface area contributed by atoms with E-state index in [1.54, 1.807) is 12.3 Å². The fourth-order valence-corrected chi connectivity index (χ4v) is 3.17. The molecule has 4 rings (SSSR count). The Labute approximate surface area is 151 Å². The number of aromatic nitrogens is 1. The molecule has 0 saturated heterocycles. The zero-order chi connectivity index (χ0) is 17.9. The molecule has 1 aromatic heterocycles. The fraction of sp³-hybridized carbons (Fsp3) is 0.143. The van der Waals surface area contributed by atoms with Crippen molar-refractivity contribution in [3.63, 3.8) is 0 Å². The molecule has 0 fully saturated rings. The summed E-state index contributed by atoms with van der Waals surface area (Å²) in [6.07, 6.45) is 4.76. The molecule has 0 saturated carbocycles. The molecule has 26 heavy (non-hydrogen) atoms. The Morgan fingerprint density at radius 1 is 1.08 bits per heavy atom. The van der Waals surface area contributed by atoms with Crippen LogP contribution in [0.5, 0.6) is 5.75 Å². The number of carbonyl (C=O) groups excluding carboxylic acids is 1. The first-order valence-corrected chi connectivity index (χ1v) is 8.58. The predicted octanol–water partition coefficient (Wildman–Crippen LogP) is 3.60. The highest BCUT2D eigenvalue weighted by Gasteiger charge is 2.17. The molecule has 1 aliphatic heterocycles. The smallest absolute Gasteiger partial charge is 0.228 e. The van der Waals surface area contributed by atoms with Gasteiger partial charge in [0.2, 0.25) is 5.91 Å². The molecule has 0 atom stereocenters. The zero-order valence-electron chi connectivity index (χ0n) is 14.2. The maximum Gasteiger partial charge on any atom is 0.228 e. The van der Waals surface area contributed by atoms with Gasteiger partial charge in [0.25, 0.3) is 0 Å². The maximum absolute atomic E-state index is 11.5. The van der Waals surface area contributed by atoms with Gasteiger partial charge in [-0.15, -0.1) is 0 Å². The van der Waals surface area contributed by atoms with Crippen molar-refractivity contribution in [3.8, 4) is 16.9 Å². The molecule has 0 bridgehead atoms. The van der Waals surface area contributed by atoms with Gasteiger partial charge in [0.1, 0.15) is 5.75 Å². The third kappa shape index (κ3) is 3.37. The van der Waals surface area contributed by atoms with Crippen LogP contribution >= 0.6 is 0 Å². The SMILES string of the molecule is O=C1Cc2cc(-c3cncc(NCCc4ccccc4O)c3)ccc2N1. The largest absolute Gasteiger partial charge is 0.508 e. The minimum absolute atomic E-state index is 0.0369. The van der Waals surface area contributed by atoms with E-state index in [4.69, 9.17) is 0 Å². The quantitative estimate of drug-likeness (QED) is 0.660. The number of carbonyl (C=O) groups is 1. The summed E-state index contributed by atoms with van der Waals surface area (Å²) in [6.45, 7) is 0.700. The van der Waals surface area contributed by atoms with E-state index in [1.165, 1.54) is 0 Å². The van der Waals surface area contributed by atoms with Crippen LogP contribution in [0.25, 0.3) is 11.1 Å². The van der Waals surface area contributed by atoms with E-state index in [0.29, 0.717) is 18.7 Å². The summed E-state index contributed by atoms with van der Waals surface area (Å²) >= 11 is 0. The van der Waals surface area contributed by atoms with Gasteiger partial charge in [-0.2, -0.15) is 0 Å². The number of nitrogens with zero attached hydrogens (tertiary/aromatic N) is 1. The summed E-state index contributed by atoms with van der Waals surface area (Å²) in [5, 5.41) is 16.0. The number of para-hydroxylation sites is 1. The number of rotatable bonds is 5. The van der Waals surface area contributed by atoms with Crippen molar-refractivity contribution in [2.24, 2.45) is 0 Å². The molecule has 3 aromatic rings. The summed E-state index contributed by atoms with van der Waals surface area (Å²) in [4.78, 5) is 15.8. The average molecular weight is 345 g/mol. The van der Waals surface area contributed by atoms with Crippen molar-refractivity contribution >= 4 is 17.3 Å². The number of amides is 1. The molecular formula is C21H19N3O2. The predicted molar refractivity (Wildman–Crippen MR) is 102 cm³/mol. The Morgan fingerprint density at radius 2 is 1.96 bits per heavy atom. The summed E-state index contributed by atoms with van der Waals surface area (Å²) < 4.78 is 0. The Balaban J connectivity index is 1.46. The lowest BCUT2D eigenvalue weighted by Crippen LogP contribution is -2.05.